The molecule has 0 fully saturated rings. The number of anilines is 1. The Kier molecular flexibility index (Phi) is 3.86. The summed E-state index contributed by atoms with van der Waals surface area (Å²) < 4.78 is 5.82. The van der Waals surface area contributed by atoms with Gasteiger partial charge < -0.3 is 4.42 Å². The van der Waals surface area contributed by atoms with Crippen molar-refractivity contribution in [3.05, 3.63) is 70.6 Å². The third-order valence-corrected chi connectivity index (χ3v) is 4.79. The summed E-state index contributed by atoms with van der Waals surface area (Å²) in [6.07, 6.45) is 0. The molecular weight excluding hydrogens is 332 g/mol. The predicted molar refractivity (Wildman–Crippen MR) is 101 cm³/mol. The molecule has 5 heteroatoms. The SMILES string of the molecule is Cc1ccc(C(=O)Nc2nc(-c3cc4ccccc4o3)cs2)c(C)c1. The highest BCUT2D eigenvalue weighted by atomic mass is 32.1. The summed E-state index contributed by atoms with van der Waals surface area (Å²) in [6, 6.07) is 15.6. The van der Waals surface area contributed by atoms with Gasteiger partial charge in [-0.3, -0.25) is 10.1 Å². The molecule has 25 heavy (non-hydrogen) atoms. The number of para-hydroxylation sites is 1. The van der Waals surface area contributed by atoms with E-state index in [1.807, 2.05) is 67.8 Å². The molecule has 4 rings (SSSR count). The lowest BCUT2D eigenvalue weighted by Crippen LogP contribution is -2.13. The van der Waals surface area contributed by atoms with Gasteiger partial charge in [-0.25, -0.2) is 4.98 Å². The number of nitrogens with zero attached hydrogens (tertiary/aromatic N) is 1. The fraction of sp³-hybridized carbons (Fsp3) is 0.100. The summed E-state index contributed by atoms with van der Waals surface area (Å²) in [5.41, 5.74) is 4.29. The molecule has 124 valence electrons. The van der Waals surface area contributed by atoms with Crippen LogP contribution in [0.4, 0.5) is 5.13 Å². The van der Waals surface area contributed by atoms with E-state index in [0.717, 1.165) is 27.8 Å². The Morgan fingerprint density at radius 1 is 1.12 bits per heavy atom. The topological polar surface area (TPSA) is 55.1 Å². The highest BCUT2D eigenvalue weighted by Gasteiger charge is 2.14. The van der Waals surface area contributed by atoms with Crippen LogP contribution in [-0.2, 0) is 0 Å². The molecule has 1 N–H and O–H groups in total. The van der Waals surface area contributed by atoms with Gasteiger partial charge in [0.1, 0.15) is 11.3 Å². The minimum Gasteiger partial charge on any atom is -0.454 e. The number of rotatable bonds is 3. The molecule has 2 aromatic heterocycles. The zero-order valence-electron chi connectivity index (χ0n) is 13.9. The third-order valence-electron chi connectivity index (χ3n) is 4.03. The molecule has 2 heterocycles. The smallest absolute Gasteiger partial charge is 0.257 e. The van der Waals surface area contributed by atoms with Gasteiger partial charge in [0.2, 0.25) is 0 Å². The van der Waals surface area contributed by atoms with Crippen molar-refractivity contribution in [3.63, 3.8) is 0 Å². The first-order valence-electron chi connectivity index (χ1n) is 7.93. The van der Waals surface area contributed by atoms with Crippen LogP contribution in [-0.4, -0.2) is 10.9 Å². The molecule has 0 aliphatic rings. The summed E-state index contributed by atoms with van der Waals surface area (Å²) in [5, 5.41) is 6.34. The van der Waals surface area contributed by atoms with Gasteiger partial charge >= 0.3 is 0 Å². The van der Waals surface area contributed by atoms with E-state index in [4.69, 9.17) is 4.42 Å². The van der Waals surface area contributed by atoms with Crippen LogP contribution >= 0.6 is 11.3 Å². The molecule has 4 aromatic rings. The summed E-state index contributed by atoms with van der Waals surface area (Å²) >= 11 is 1.38. The largest absolute Gasteiger partial charge is 0.454 e. The summed E-state index contributed by atoms with van der Waals surface area (Å²) in [5.74, 6) is 0.549. The average Bonchev–Trinajstić information content (AvgIpc) is 3.20. The predicted octanol–water partition coefficient (Wildman–Crippen LogP) is 5.43. The van der Waals surface area contributed by atoms with E-state index in [0.29, 0.717) is 16.5 Å². The van der Waals surface area contributed by atoms with Gasteiger partial charge in [0.25, 0.3) is 5.91 Å². The number of hydrogen-bond acceptors (Lipinski definition) is 4. The maximum absolute atomic E-state index is 12.5. The van der Waals surface area contributed by atoms with Crippen molar-refractivity contribution in [1.82, 2.24) is 4.98 Å². The molecule has 2 aromatic carbocycles. The van der Waals surface area contributed by atoms with Crippen LogP contribution in [0.15, 0.2) is 58.3 Å². The maximum atomic E-state index is 12.5. The van der Waals surface area contributed by atoms with Crippen molar-refractivity contribution in [2.45, 2.75) is 13.8 Å². The zero-order valence-corrected chi connectivity index (χ0v) is 14.7. The fourth-order valence-corrected chi connectivity index (χ4v) is 3.48. The Hall–Kier alpha value is -2.92. The average molecular weight is 348 g/mol. The second-order valence-corrected chi connectivity index (χ2v) is 6.82. The molecule has 0 radical (unpaired) electrons. The molecule has 4 nitrogen and oxygen atoms in total. The van der Waals surface area contributed by atoms with Gasteiger partial charge in [0.15, 0.2) is 10.9 Å². The first kappa shape index (κ1) is 15.6. The van der Waals surface area contributed by atoms with Gasteiger partial charge in [0, 0.05) is 16.3 Å². The van der Waals surface area contributed by atoms with Crippen LogP contribution in [0.2, 0.25) is 0 Å². The van der Waals surface area contributed by atoms with Crippen LogP contribution in [0, 0.1) is 13.8 Å². The number of aryl methyl sites for hydroxylation is 2. The van der Waals surface area contributed by atoms with Crippen molar-refractivity contribution < 1.29 is 9.21 Å². The summed E-state index contributed by atoms with van der Waals surface area (Å²) in [4.78, 5) is 16.9. The summed E-state index contributed by atoms with van der Waals surface area (Å²) in [7, 11) is 0. The van der Waals surface area contributed by atoms with Crippen molar-refractivity contribution in [2.75, 3.05) is 5.32 Å². The lowest BCUT2D eigenvalue weighted by Gasteiger charge is -2.06. The van der Waals surface area contributed by atoms with E-state index < -0.39 is 0 Å². The van der Waals surface area contributed by atoms with E-state index >= 15 is 0 Å². The molecule has 1 amide bonds. The Balaban J connectivity index is 1.57. The Labute approximate surface area is 149 Å². The monoisotopic (exact) mass is 348 g/mol. The first-order chi connectivity index (χ1) is 12.1. The minimum atomic E-state index is -0.150. The molecule has 0 atom stereocenters. The van der Waals surface area contributed by atoms with E-state index in [-0.39, 0.29) is 5.91 Å². The maximum Gasteiger partial charge on any atom is 0.257 e. The molecule has 0 saturated heterocycles. The standard InChI is InChI=1S/C20H16N2O2S/c1-12-7-8-15(13(2)9-12)19(23)22-20-21-16(11-25-20)18-10-14-5-3-4-6-17(14)24-18/h3-11H,1-2H3,(H,21,22,23). The number of nitrogens with one attached hydrogen (secondary N) is 1. The van der Waals surface area contributed by atoms with Gasteiger partial charge in [-0.05, 0) is 37.6 Å². The second-order valence-electron chi connectivity index (χ2n) is 5.96. The van der Waals surface area contributed by atoms with Crippen LogP contribution in [0.25, 0.3) is 22.4 Å². The molecule has 0 bridgehead atoms. The molecule has 0 spiro atoms. The number of amides is 1. The Morgan fingerprint density at radius 3 is 2.76 bits per heavy atom. The minimum absolute atomic E-state index is 0.150. The number of fused-ring (bicyclic) bond motifs is 1. The Bertz CT molecular complexity index is 1050. The summed E-state index contributed by atoms with van der Waals surface area (Å²) in [6.45, 7) is 3.94. The van der Waals surface area contributed by atoms with E-state index in [2.05, 4.69) is 10.3 Å². The van der Waals surface area contributed by atoms with Gasteiger partial charge in [-0.2, -0.15) is 0 Å². The van der Waals surface area contributed by atoms with Crippen molar-refractivity contribution in [1.29, 1.82) is 0 Å². The number of benzene rings is 2. The second kappa shape index (κ2) is 6.18. The normalized spacial score (nSPS) is 11.0. The van der Waals surface area contributed by atoms with Crippen molar-refractivity contribution in [3.8, 4) is 11.5 Å². The number of thiazole rings is 1. The highest BCUT2D eigenvalue weighted by Crippen LogP contribution is 2.30. The number of carbonyl (C=O) groups is 1. The van der Waals surface area contributed by atoms with E-state index in [1.165, 1.54) is 11.3 Å². The lowest BCUT2D eigenvalue weighted by molar-refractivity contribution is 0.102. The number of aromatic nitrogens is 1. The third kappa shape index (κ3) is 3.06. The molecular formula is C20H16N2O2S. The van der Waals surface area contributed by atoms with Gasteiger partial charge in [-0.15, -0.1) is 11.3 Å². The van der Waals surface area contributed by atoms with Crippen LogP contribution in [0.1, 0.15) is 21.5 Å². The van der Waals surface area contributed by atoms with E-state index in [1.54, 1.807) is 0 Å². The highest BCUT2D eigenvalue weighted by molar-refractivity contribution is 7.14. The number of furan rings is 1. The van der Waals surface area contributed by atoms with Gasteiger partial charge in [-0.1, -0.05) is 35.9 Å². The van der Waals surface area contributed by atoms with Crippen LogP contribution in [0.3, 0.4) is 0 Å². The fourth-order valence-electron chi connectivity index (χ4n) is 2.79. The van der Waals surface area contributed by atoms with Crippen molar-refractivity contribution in [2.24, 2.45) is 0 Å². The number of carbonyl (C=O) groups excluding carboxylic acids is 1. The zero-order chi connectivity index (χ0) is 17.4. The lowest BCUT2D eigenvalue weighted by atomic mass is 10.1. The van der Waals surface area contributed by atoms with Crippen LogP contribution in [0.5, 0.6) is 0 Å². The molecule has 0 aliphatic heterocycles. The quantitative estimate of drug-likeness (QED) is 0.537. The van der Waals surface area contributed by atoms with Crippen LogP contribution < -0.4 is 5.32 Å². The first-order valence-corrected chi connectivity index (χ1v) is 8.81. The van der Waals surface area contributed by atoms with Gasteiger partial charge in [0.05, 0.1) is 0 Å². The molecule has 0 saturated carbocycles. The molecule has 0 unspecified atom stereocenters. The molecule has 0 aliphatic carbocycles. The Morgan fingerprint density at radius 2 is 1.96 bits per heavy atom. The van der Waals surface area contributed by atoms with Crippen molar-refractivity contribution >= 4 is 33.3 Å². The number of hydrogen-bond donors (Lipinski definition) is 1. The van der Waals surface area contributed by atoms with E-state index in [9.17, 15) is 4.79 Å².